The highest BCUT2D eigenvalue weighted by molar-refractivity contribution is 5.87. The van der Waals surface area contributed by atoms with Crippen molar-refractivity contribution in [2.75, 3.05) is 24.3 Å². The van der Waals surface area contributed by atoms with E-state index in [-0.39, 0.29) is 64.3 Å². The van der Waals surface area contributed by atoms with Crippen molar-refractivity contribution in [1.29, 1.82) is 5.41 Å². The van der Waals surface area contributed by atoms with E-state index in [1.807, 2.05) is 36.4 Å². The molecule has 292 valence electrons. The number of carbonyl (C=O) groups is 2. The lowest BCUT2D eigenvalue weighted by atomic mass is 9.97. The number of fused-ring (bicyclic) bond motifs is 2. The number of rotatable bonds is 9. The second kappa shape index (κ2) is 20.0. The van der Waals surface area contributed by atoms with Crippen molar-refractivity contribution in [2.45, 2.75) is 58.0 Å². The summed E-state index contributed by atoms with van der Waals surface area (Å²) in [6.45, 7) is 13.2. The van der Waals surface area contributed by atoms with Gasteiger partial charge in [-0.25, -0.2) is 15.0 Å². The number of anilines is 3. The van der Waals surface area contributed by atoms with Gasteiger partial charge < -0.3 is 57.9 Å². The standard InChI is InChI=1S/C24H24N4O5.C9H12N6O2.CH5N3.ClH/c1-13(16-6-7-18-11-19(31-5)9-8-17(18)10-16)24(30)33-21(14(2)32-15(3)29)20-12-27-22(25)23(26-4)28-20;1-3(16)6(17)4-2-12-8-5(13-4)7(10)14-9(11)15-8;2-1(3)4;/h6-14,21H,1-3,5H3,(H2,25,27);2-3,6,16-17H,1H3,(H4,10,11,12,14,15);(H5,2,3,4);1H/t13-,14-,21-;3-,6-;;/m00../s1. The Morgan fingerprint density at radius 1 is 0.873 bits per heavy atom. The number of methoxy groups -OCH3 is 1. The maximum atomic E-state index is 13.1. The zero-order chi connectivity index (χ0) is 40.3. The molecule has 3 heterocycles. The molecule has 13 N–H and O–H groups in total. The van der Waals surface area contributed by atoms with Gasteiger partial charge in [0.05, 0.1) is 37.2 Å². The summed E-state index contributed by atoms with van der Waals surface area (Å²) in [6, 6.07) is 11.3. The zero-order valence-electron chi connectivity index (χ0n) is 30.4. The van der Waals surface area contributed by atoms with Gasteiger partial charge in [0.2, 0.25) is 12.1 Å². The van der Waals surface area contributed by atoms with Crippen LogP contribution in [0.15, 0.2) is 48.8 Å². The lowest BCUT2D eigenvalue weighted by Crippen LogP contribution is -2.28. The van der Waals surface area contributed by atoms with E-state index in [0.29, 0.717) is 0 Å². The third kappa shape index (κ3) is 12.2. The molecule has 0 amide bonds. The van der Waals surface area contributed by atoms with Crippen LogP contribution in [0.2, 0.25) is 0 Å². The molecule has 0 saturated heterocycles. The fourth-order valence-electron chi connectivity index (χ4n) is 4.69. The SMILES string of the molecule is C[C@H](O)[C@H](O)c1cnc2nc(N)nc(N)c2n1.Cl.N=C(N)N.[C-]#[N+]c1nc([C@@H](OC(=O)[C@@H](C)c2ccc3cc(OC)ccc3c2)[C@H](C)OC(C)=O)cnc1N. The first kappa shape index (κ1) is 44.5. The number of hydrogen-bond donors (Lipinski definition) is 8. The Kier molecular flexibility index (Phi) is 16.1. The first-order valence-corrected chi connectivity index (χ1v) is 15.9. The van der Waals surface area contributed by atoms with E-state index < -0.39 is 42.3 Å². The monoisotopic (exact) mass is 779 g/mol. The Hall–Kier alpha value is -6.69. The topological polar surface area (TPSA) is 338 Å². The summed E-state index contributed by atoms with van der Waals surface area (Å²) in [5.41, 5.74) is 27.2. The number of aliphatic hydroxyl groups is 2. The highest BCUT2D eigenvalue weighted by atomic mass is 35.5. The van der Waals surface area contributed by atoms with Crippen LogP contribution in [0, 0.1) is 12.0 Å². The molecule has 2 aromatic carbocycles. The van der Waals surface area contributed by atoms with Crippen LogP contribution in [0.1, 0.15) is 62.8 Å². The minimum absolute atomic E-state index is 0. The lowest BCUT2D eigenvalue weighted by Gasteiger charge is -2.23. The van der Waals surface area contributed by atoms with E-state index in [1.54, 1.807) is 21.0 Å². The molecule has 0 fully saturated rings. The molecule has 5 rings (SSSR count). The molecule has 5 atom stereocenters. The van der Waals surface area contributed by atoms with Crippen molar-refractivity contribution in [3.63, 3.8) is 0 Å². The molecule has 20 nitrogen and oxygen atoms in total. The van der Waals surface area contributed by atoms with E-state index in [9.17, 15) is 19.8 Å². The normalized spacial score (nSPS) is 13.1. The predicted molar refractivity (Wildman–Crippen MR) is 206 cm³/mol. The highest BCUT2D eigenvalue weighted by Crippen LogP contribution is 2.30. The van der Waals surface area contributed by atoms with Crippen LogP contribution in [-0.2, 0) is 19.1 Å². The maximum absolute atomic E-state index is 13.1. The second-order valence-corrected chi connectivity index (χ2v) is 11.6. The van der Waals surface area contributed by atoms with Crippen molar-refractivity contribution >= 4 is 75.6 Å². The molecule has 0 spiro atoms. The molecule has 3 aromatic heterocycles. The van der Waals surface area contributed by atoms with E-state index in [0.717, 1.165) is 22.1 Å². The van der Waals surface area contributed by atoms with Crippen molar-refractivity contribution in [3.8, 4) is 5.75 Å². The van der Waals surface area contributed by atoms with E-state index in [1.165, 1.54) is 26.2 Å². The molecule has 0 saturated carbocycles. The Morgan fingerprint density at radius 3 is 2.09 bits per heavy atom. The van der Waals surface area contributed by atoms with E-state index in [4.69, 9.17) is 43.4 Å². The van der Waals surface area contributed by atoms with Gasteiger partial charge in [-0.15, -0.1) is 17.4 Å². The number of esters is 2. The van der Waals surface area contributed by atoms with Gasteiger partial charge in [-0.2, -0.15) is 9.97 Å². The molecule has 0 bridgehead atoms. The molecular formula is C34H42ClN13O7. The quantitative estimate of drug-likeness (QED) is 0.0460. The number of aromatic nitrogens is 6. The zero-order valence-corrected chi connectivity index (χ0v) is 31.2. The van der Waals surface area contributed by atoms with Crippen LogP contribution in [0.4, 0.5) is 23.4 Å². The fraction of sp³-hybridized carbons (Fsp3) is 0.294. The number of nitrogen functional groups attached to an aromatic ring is 3. The number of aliphatic hydroxyl groups excluding tert-OH is 2. The summed E-state index contributed by atoms with van der Waals surface area (Å²) < 4.78 is 16.2. The summed E-state index contributed by atoms with van der Waals surface area (Å²) >= 11 is 0. The minimum atomic E-state index is -1.14. The number of halogens is 1. The van der Waals surface area contributed by atoms with Crippen LogP contribution in [-0.4, -0.2) is 77.3 Å². The average Bonchev–Trinajstić information content (AvgIpc) is 3.12. The first-order valence-electron chi connectivity index (χ1n) is 15.9. The summed E-state index contributed by atoms with van der Waals surface area (Å²) in [7, 11) is 1.60. The fourth-order valence-corrected chi connectivity index (χ4v) is 4.69. The maximum Gasteiger partial charge on any atom is 0.314 e. The third-order valence-electron chi connectivity index (χ3n) is 7.37. The van der Waals surface area contributed by atoms with Gasteiger partial charge in [0.1, 0.15) is 23.8 Å². The first-order chi connectivity index (χ1) is 25.4. The lowest BCUT2D eigenvalue weighted by molar-refractivity contribution is -0.167. The summed E-state index contributed by atoms with van der Waals surface area (Å²) in [5, 5.41) is 26.9. The molecule has 21 heteroatoms. The number of guanidine groups is 1. The molecule has 55 heavy (non-hydrogen) atoms. The van der Waals surface area contributed by atoms with Gasteiger partial charge in [-0.3, -0.25) is 15.0 Å². The van der Waals surface area contributed by atoms with Crippen LogP contribution in [0.5, 0.6) is 5.75 Å². The number of nitrogens with one attached hydrogen (secondary N) is 1. The molecule has 0 aliphatic carbocycles. The third-order valence-corrected chi connectivity index (χ3v) is 7.37. The van der Waals surface area contributed by atoms with Gasteiger partial charge in [-0.1, -0.05) is 30.8 Å². The van der Waals surface area contributed by atoms with Gasteiger partial charge in [-0.05, 0) is 49.2 Å². The highest BCUT2D eigenvalue weighted by Gasteiger charge is 2.33. The summed E-state index contributed by atoms with van der Waals surface area (Å²) in [4.78, 5) is 51.5. The molecule has 0 radical (unpaired) electrons. The number of ether oxygens (including phenoxy) is 3. The molecular weight excluding hydrogens is 738 g/mol. The summed E-state index contributed by atoms with van der Waals surface area (Å²) in [5.74, 6) is -1.38. The van der Waals surface area contributed by atoms with Gasteiger partial charge >= 0.3 is 17.8 Å². The molecule has 0 aliphatic rings. The average molecular weight is 780 g/mol. The van der Waals surface area contributed by atoms with E-state index in [2.05, 4.69) is 46.2 Å². The van der Waals surface area contributed by atoms with Crippen LogP contribution >= 0.6 is 12.4 Å². The summed E-state index contributed by atoms with van der Waals surface area (Å²) in [6.07, 6.45) is -1.41. The van der Waals surface area contributed by atoms with Crippen LogP contribution in [0.25, 0.3) is 26.8 Å². The van der Waals surface area contributed by atoms with Crippen molar-refractivity contribution in [3.05, 3.63) is 77.2 Å². The number of nitrogens with two attached hydrogens (primary N) is 5. The van der Waals surface area contributed by atoms with E-state index >= 15 is 0 Å². The largest absolute Gasteiger partial charge is 0.497 e. The second-order valence-electron chi connectivity index (χ2n) is 11.6. The van der Waals surface area contributed by atoms with Crippen LogP contribution < -0.4 is 33.4 Å². The van der Waals surface area contributed by atoms with Crippen molar-refractivity contribution < 1.29 is 34.0 Å². The van der Waals surface area contributed by atoms with Crippen LogP contribution in [0.3, 0.4) is 0 Å². The number of hydrogen-bond acceptors (Lipinski definition) is 17. The molecule has 0 aliphatic heterocycles. The van der Waals surface area contributed by atoms with Gasteiger partial charge in [0.25, 0.3) is 0 Å². The number of benzene rings is 2. The predicted octanol–water partition coefficient (Wildman–Crippen LogP) is 2.37. The Labute approximate surface area is 321 Å². The minimum Gasteiger partial charge on any atom is -0.497 e. The van der Waals surface area contributed by atoms with Gasteiger partial charge in [0.15, 0.2) is 28.6 Å². The Bertz CT molecular complexity index is 2180. The molecule has 0 unspecified atom stereocenters. The Balaban J connectivity index is 0.000000396. The van der Waals surface area contributed by atoms with Gasteiger partial charge in [0, 0.05) is 6.92 Å². The number of carbonyl (C=O) groups excluding carboxylic acids is 2. The molecule has 5 aromatic rings. The smallest absolute Gasteiger partial charge is 0.314 e. The Morgan fingerprint density at radius 2 is 1.49 bits per heavy atom. The number of nitrogens with zero attached hydrogens (tertiary/aromatic N) is 7. The van der Waals surface area contributed by atoms with Crippen molar-refractivity contribution in [2.24, 2.45) is 11.5 Å². The van der Waals surface area contributed by atoms with Crippen molar-refractivity contribution in [1.82, 2.24) is 29.9 Å².